The lowest BCUT2D eigenvalue weighted by Crippen LogP contribution is -2.35. The summed E-state index contributed by atoms with van der Waals surface area (Å²) in [5.41, 5.74) is 0.870. The zero-order chi connectivity index (χ0) is 17.5. The highest BCUT2D eigenvalue weighted by Gasteiger charge is 2.14. The highest BCUT2D eigenvalue weighted by Crippen LogP contribution is 2.27. The van der Waals surface area contributed by atoms with Crippen molar-refractivity contribution in [1.29, 1.82) is 0 Å². The summed E-state index contributed by atoms with van der Waals surface area (Å²) in [5, 5.41) is 2.78. The second kappa shape index (κ2) is 8.19. The Bertz CT molecular complexity index is 688. The Kier molecular flexibility index (Phi) is 6.01. The van der Waals surface area contributed by atoms with Crippen LogP contribution >= 0.6 is 0 Å². The summed E-state index contributed by atoms with van der Waals surface area (Å²) >= 11 is 0. The van der Waals surface area contributed by atoms with E-state index in [-0.39, 0.29) is 11.7 Å². The predicted octanol–water partition coefficient (Wildman–Crippen LogP) is 2.93. The number of carbonyl (C=O) groups is 1. The zero-order valence-electron chi connectivity index (χ0n) is 13.8. The van der Waals surface area contributed by atoms with E-state index < -0.39 is 6.10 Å². The van der Waals surface area contributed by atoms with Crippen LogP contribution in [0.3, 0.4) is 0 Å². The first kappa shape index (κ1) is 17.6. The maximum atomic E-state index is 12.9. The lowest BCUT2D eigenvalue weighted by Gasteiger charge is -2.15. The van der Waals surface area contributed by atoms with E-state index in [0.29, 0.717) is 23.8 Å². The molecule has 2 aromatic carbocycles. The Balaban J connectivity index is 1.91. The third-order valence-electron chi connectivity index (χ3n) is 3.41. The molecule has 0 heterocycles. The SMILES string of the molecule is COc1ccc(CNC(=O)[C@@H](C)Oc2ccc(F)cc2)cc1OC. The minimum absolute atomic E-state index is 0.269. The van der Waals surface area contributed by atoms with E-state index in [2.05, 4.69) is 5.32 Å². The minimum atomic E-state index is -0.699. The van der Waals surface area contributed by atoms with Crippen LogP contribution in [0.15, 0.2) is 42.5 Å². The van der Waals surface area contributed by atoms with E-state index in [1.54, 1.807) is 33.3 Å². The number of halogens is 1. The molecule has 0 bridgehead atoms. The summed E-state index contributed by atoms with van der Waals surface area (Å²) in [4.78, 5) is 12.1. The van der Waals surface area contributed by atoms with E-state index in [0.717, 1.165) is 5.56 Å². The van der Waals surface area contributed by atoms with E-state index >= 15 is 0 Å². The molecule has 5 nitrogen and oxygen atoms in total. The van der Waals surface area contributed by atoms with Crippen molar-refractivity contribution in [3.05, 3.63) is 53.8 Å². The third kappa shape index (κ3) is 4.62. The van der Waals surface area contributed by atoms with Crippen molar-refractivity contribution in [3.63, 3.8) is 0 Å². The van der Waals surface area contributed by atoms with Gasteiger partial charge in [0.1, 0.15) is 11.6 Å². The number of nitrogens with one attached hydrogen (secondary N) is 1. The molecule has 0 aliphatic carbocycles. The number of amides is 1. The first-order valence-corrected chi connectivity index (χ1v) is 7.44. The number of hydrogen-bond acceptors (Lipinski definition) is 4. The van der Waals surface area contributed by atoms with Crippen molar-refractivity contribution in [3.8, 4) is 17.2 Å². The van der Waals surface area contributed by atoms with Gasteiger partial charge in [-0.25, -0.2) is 4.39 Å². The molecule has 0 aliphatic heterocycles. The van der Waals surface area contributed by atoms with Crippen LogP contribution in [-0.4, -0.2) is 26.2 Å². The van der Waals surface area contributed by atoms with E-state index in [4.69, 9.17) is 14.2 Å². The largest absolute Gasteiger partial charge is 0.493 e. The Morgan fingerprint density at radius 3 is 2.38 bits per heavy atom. The van der Waals surface area contributed by atoms with Crippen molar-refractivity contribution in [1.82, 2.24) is 5.32 Å². The fraction of sp³-hybridized carbons (Fsp3) is 0.278. The molecule has 0 saturated carbocycles. The van der Waals surface area contributed by atoms with Gasteiger partial charge in [0.2, 0.25) is 0 Å². The molecule has 0 saturated heterocycles. The standard InChI is InChI=1S/C18H20FNO4/c1-12(24-15-7-5-14(19)6-8-15)18(21)20-11-13-4-9-16(22-2)17(10-13)23-3/h4-10,12H,11H2,1-3H3,(H,20,21)/t12-/m1/s1. The minimum Gasteiger partial charge on any atom is -0.493 e. The monoisotopic (exact) mass is 333 g/mol. The second-order valence-electron chi connectivity index (χ2n) is 5.12. The molecule has 0 aliphatic rings. The van der Waals surface area contributed by atoms with E-state index in [1.807, 2.05) is 6.07 Å². The summed E-state index contributed by atoms with van der Waals surface area (Å²) < 4.78 is 28.7. The van der Waals surface area contributed by atoms with Crippen LogP contribution in [0.5, 0.6) is 17.2 Å². The highest BCUT2D eigenvalue weighted by atomic mass is 19.1. The number of methoxy groups -OCH3 is 2. The molecule has 6 heteroatoms. The fourth-order valence-electron chi connectivity index (χ4n) is 2.09. The van der Waals surface area contributed by atoms with Gasteiger partial charge in [0.25, 0.3) is 5.91 Å². The van der Waals surface area contributed by atoms with Crippen LogP contribution in [0.2, 0.25) is 0 Å². The highest BCUT2D eigenvalue weighted by molar-refractivity contribution is 5.80. The van der Waals surface area contributed by atoms with Gasteiger partial charge in [-0.3, -0.25) is 4.79 Å². The lowest BCUT2D eigenvalue weighted by atomic mass is 10.2. The Morgan fingerprint density at radius 2 is 1.75 bits per heavy atom. The summed E-state index contributed by atoms with van der Waals surface area (Å²) in [6.07, 6.45) is -0.699. The molecule has 0 aromatic heterocycles. The molecule has 0 unspecified atom stereocenters. The average Bonchev–Trinajstić information content (AvgIpc) is 2.61. The van der Waals surface area contributed by atoms with E-state index in [9.17, 15) is 9.18 Å². The number of rotatable bonds is 7. The van der Waals surface area contributed by atoms with Crippen molar-refractivity contribution < 1.29 is 23.4 Å². The molecular weight excluding hydrogens is 313 g/mol. The molecular formula is C18H20FNO4. The fourth-order valence-corrected chi connectivity index (χ4v) is 2.09. The summed E-state index contributed by atoms with van der Waals surface area (Å²) in [6.45, 7) is 1.96. The second-order valence-corrected chi connectivity index (χ2v) is 5.12. The van der Waals surface area contributed by atoms with Crippen molar-refractivity contribution in [2.24, 2.45) is 0 Å². The van der Waals surface area contributed by atoms with Crippen LogP contribution in [0.1, 0.15) is 12.5 Å². The smallest absolute Gasteiger partial charge is 0.261 e. The van der Waals surface area contributed by atoms with Crippen LogP contribution in [0.4, 0.5) is 4.39 Å². The molecule has 2 aromatic rings. The van der Waals surface area contributed by atoms with Gasteiger partial charge in [-0.05, 0) is 48.9 Å². The number of benzene rings is 2. The third-order valence-corrected chi connectivity index (χ3v) is 3.41. The molecule has 0 spiro atoms. The Morgan fingerprint density at radius 1 is 1.08 bits per heavy atom. The quantitative estimate of drug-likeness (QED) is 0.846. The Labute approximate surface area is 140 Å². The average molecular weight is 333 g/mol. The van der Waals surface area contributed by atoms with E-state index in [1.165, 1.54) is 24.3 Å². The van der Waals surface area contributed by atoms with Crippen LogP contribution in [0, 0.1) is 5.82 Å². The summed E-state index contributed by atoms with van der Waals surface area (Å²) in [5.74, 6) is 1.03. The van der Waals surface area contributed by atoms with Gasteiger partial charge >= 0.3 is 0 Å². The number of ether oxygens (including phenoxy) is 3. The van der Waals surface area contributed by atoms with Crippen molar-refractivity contribution >= 4 is 5.91 Å². The summed E-state index contributed by atoms with van der Waals surface area (Å²) in [6, 6.07) is 10.9. The van der Waals surface area contributed by atoms with Gasteiger partial charge in [0.15, 0.2) is 17.6 Å². The molecule has 1 N–H and O–H groups in total. The lowest BCUT2D eigenvalue weighted by molar-refractivity contribution is -0.127. The first-order valence-electron chi connectivity index (χ1n) is 7.44. The molecule has 0 radical (unpaired) electrons. The normalized spacial score (nSPS) is 11.5. The molecule has 128 valence electrons. The van der Waals surface area contributed by atoms with Gasteiger partial charge in [0, 0.05) is 6.54 Å². The maximum absolute atomic E-state index is 12.9. The van der Waals surface area contributed by atoms with Gasteiger partial charge in [0.05, 0.1) is 14.2 Å². The number of hydrogen-bond donors (Lipinski definition) is 1. The van der Waals surface area contributed by atoms with Crippen molar-refractivity contribution in [2.75, 3.05) is 14.2 Å². The molecule has 1 atom stereocenters. The first-order chi connectivity index (χ1) is 11.5. The Hall–Kier alpha value is -2.76. The zero-order valence-corrected chi connectivity index (χ0v) is 13.8. The number of carbonyl (C=O) groups excluding carboxylic acids is 1. The van der Waals surface area contributed by atoms with Crippen molar-refractivity contribution in [2.45, 2.75) is 19.6 Å². The maximum Gasteiger partial charge on any atom is 0.261 e. The topological polar surface area (TPSA) is 56.8 Å². The molecule has 1 amide bonds. The predicted molar refractivity (Wildman–Crippen MR) is 87.9 cm³/mol. The van der Waals surface area contributed by atoms with Crippen LogP contribution < -0.4 is 19.5 Å². The molecule has 0 fully saturated rings. The van der Waals surface area contributed by atoms with Gasteiger partial charge in [-0.1, -0.05) is 6.07 Å². The van der Waals surface area contributed by atoms with Gasteiger partial charge in [-0.15, -0.1) is 0 Å². The van der Waals surface area contributed by atoms with Gasteiger partial charge < -0.3 is 19.5 Å². The van der Waals surface area contributed by atoms with Crippen LogP contribution in [-0.2, 0) is 11.3 Å². The summed E-state index contributed by atoms with van der Waals surface area (Å²) in [7, 11) is 3.12. The van der Waals surface area contributed by atoms with Gasteiger partial charge in [-0.2, -0.15) is 0 Å². The molecule has 24 heavy (non-hydrogen) atoms. The molecule has 2 rings (SSSR count). The van der Waals surface area contributed by atoms with Crippen LogP contribution in [0.25, 0.3) is 0 Å².